The monoisotopic (exact) mass is 417 g/mol. The number of halogens is 1. The molecule has 1 fully saturated rings. The molecule has 0 radical (unpaired) electrons. The van der Waals surface area contributed by atoms with Crippen molar-refractivity contribution in [1.82, 2.24) is 10.3 Å². The number of nitrogens with one attached hydrogen (secondary N) is 1. The van der Waals surface area contributed by atoms with Crippen LogP contribution in [0.2, 0.25) is 0 Å². The summed E-state index contributed by atoms with van der Waals surface area (Å²) in [6.07, 6.45) is 2.06. The highest BCUT2D eigenvalue weighted by Gasteiger charge is 2.27. The predicted octanol–water partition coefficient (Wildman–Crippen LogP) is 5.53. The van der Waals surface area contributed by atoms with Crippen LogP contribution in [-0.4, -0.2) is 36.1 Å². The van der Waals surface area contributed by atoms with Gasteiger partial charge in [0.1, 0.15) is 23.5 Å². The number of fused-ring (bicyclic) bond motifs is 2. The highest BCUT2D eigenvalue weighted by molar-refractivity contribution is 5.94. The summed E-state index contributed by atoms with van der Waals surface area (Å²) in [7, 11) is 0. The van der Waals surface area contributed by atoms with Crippen LogP contribution in [-0.2, 0) is 6.42 Å². The lowest BCUT2D eigenvalue weighted by Crippen LogP contribution is -2.44. The second kappa shape index (κ2) is 8.75. The van der Waals surface area contributed by atoms with Gasteiger partial charge in [-0.05, 0) is 56.0 Å². The predicted molar refractivity (Wildman–Crippen MR) is 123 cm³/mol. The van der Waals surface area contributed by atoms with Gasteiger partial charge < -0.3 is 10.1 Å². The number of hydrogen-bond donors (Lipinski definition) is 1. The Morgan fingerprint density at radius 1 is 1.06 bits per heavy atom. The number of rotatable bonds is 4. The summed E-state index contributed by atoms with van der Waals surface area (Å²) < 4.78 is 20.5. The van der Waals surface area contributed by atoms with E-state index in [1.54, 1.807) is 0 Å². The zero-order chi connectivity index (χ0) is 21.2. The lowest BCUT2D eigenvalue weighted by atomic mass is 9.91. The molecule has 0 saturated carbocycles. The summed E-state index contributed by atoms with van der Waals surface area (Å²) in [5, 5.41) is 4.09. The number of benzene rings is 2. The molecule has 1 saturated heterocycles. The minimum atomic E-state index is -1.01. The summed E-state index contributed by atoms with van der Waals surface area (Å²) in [6, 6.07) is 18.5. The van der Waals surface area contributed by atoms with Gasteiger partial charge in [-0.2, -0.15) is 0 Å². The van der Waals surface area contributed by atoms with Crippen LogP contribution in [0.1, 0.15) is 43.4 Å². The fourth-order valence-electron chi connectivity index (χ4n) is 4.69. The van der Waals surface area contributed by atoms with E-state index >= 15 is 0 Å². The van der Waals surface area contributed by atoms with Crippen LogP contribution >= 0.6 is 0 Å². The Morgan fingerprint density at radius 3 is 2.84 bits per heavy atom. The van der Waals surface area contributed by atoms with Crippen LogP contribution in [0.5, 0.6) is 5.75 Å². The first kappa shape index (κ1) is 20.1. The summed E-state index contributed by atoms with van der Waals surface area (Å²) in [5.41, 5.74) is 5.35. The third-order valence-electron chi connectivity index (χ3n) is 6.41. The Hall–Kier alpha value is -2.79. The number of hydrogen-bond acceptors (Lipinski definition) is 4. The molecule has 5 heteroatoms. The molecular weight excluding hydrogens is 389 g/mol. The number of aliphatic imine (C=N–C) groups is 1. The molecule has 0 amide bonds. The largest absolute Gasteiger partial charge is 0.485 e. The van der Waals surface area contributed by atoms with Gasteiger partial charge in [-0.25, -0.2) is 9.37 Å². The fourth-order valence-corrected chi connectivity index (χ4v) is 4.69. The van der Waals surface area contributed by atoms with E-state index in [4.69, 9.17) is 14.7 Å². The molecule has 2 aromatic carbocycles. The van der Waals surface area contributed by atoms with Crippen molar-refractivity contribution in [2.45, 2.75) is 50.8 Å². The molecule has 1 N–H and O–H groups in total. The molecule has 2 aliphatic rings. The van der Waals surface area contributed by atoms with E-state index in [1.165, 1.54) is 5.56 Å². The van der Waals surface area contributed by atoms with Crippen molar-refractivity contribution in [2.24, 2.45) is 4.99 Å². The molecule has 160 valence electrons. The third kappa shape index (κ3) is 4.07. The van der Waals surface area contributed by atoms with Crippen LogP contribution in [0.3, 0.4) is 0 Å². The summed E-state index contributed by atoms with van der Waals surface area (Å²) in [5.74, 6) is 0.837. The molecule has 5 rings (SSSR count). The smallest absolute Gasteiger partial charge is 0.149 e. The third-order valence-corrected chi connectivity index (χ3v) is 6.41. The van der Waals surface area contributed by atoms with E-state index in [9.17, 15) is 4.39 Å². The van der Waals surface area contributed by atoms with Crippen LogP contribution < -0.4 is 10.1 Å². The molecule has 3 heterocycles. The molecule has 4 nitrogen and oxygen atoms in total. The number of aromatic nitrogens is 1. The molecule has 31 heavy (non-hydrogen) atoms. The molecule has 0 aliphatic carbocycles. The molecule has 0 spiro atoms. The number of piperidine rings is 1. The van der Waals surface area contributed by atoms with Crippen molar-refractivity contribution in [3.8, 4) is 5.75 Å². The first-order chi connectivity index (χ1) is 15.2. The van der Waals surface area contributed by atoms with Gasteiger partial charge >= 0.3 is 0 Å². The quantitative estimate of drug-likeness (QED) is 0.607. The standard InChI is InChI=1S/C26H28FN3O/c1-2-21-19(12-10-17-6-3-4-8-22(17)29-21)23-13-11-18-7-5-9-25(26(18)30-23)31-24-14-15-28-16-20(24)27/h3-9,11,13,19-20,24,28H,2,10,12,14-16H2,1H3. The number of nitrogens with zero attached hydrogens (tertiary/aromatic N) is 2. The topological polar surface area (TPSA) is 46.5 Å². The molecular formula is C26H28FN3O. The fraction of sp³-hybridized carbons (Fsp3) is 0.385. The van der Waals surface area contributed by atoms with Gasteiger partial charge in [0.15, 0.2) is 0 Å². The van der Waals surface area contributed by atoms with Crippen molar-refractivity contribution in [2.75, 3.05) is 13.1 Å². The number of aryl methyl sites for hydroxylation is 1. The minimum absolute atomic E-state index is 0.169. The lowest BCUT2D eigenvalue weighted by molar-refractivity contribution is 0.0742. The average Bonchev–Trinajstić information content (AvgIpc) is 3.00. The number of pyridine rings is 1. The molecule has 0 bridgehead atoms. The number of alkyl halides is 1. The van der Waals surface area contributed by atoms with Crippen LogP contribution in [0.25, 0.3) is 10.9 Å². The van der Waals surface area contributed by atoms with Crippen LogP contribution in [0, 0.1) is 0 Å². The Morgan fingerprint density at radius 2 is 1.97 bits per heavy atom. The maximum atomic E-state index is 14.4. The van der Waals surface area contributed by atoms with E-state index in [1.807, 2.05) is 24.3 Å². The van der Waals surface area contributed by atoms with Crippen molar-refractivity contribution in [1.29, 1.82) is 0 Å². The van der Waals surface area contributed by atoms with Gasteiger partial charge in [-0.3, -0.25) is 4.99 Å². The highest BCUT2D eigenvalue weighted by Crippen LogP contribution is 2.35. The summed E-state index contributed by atoms with van der Waals surface area (Å²) in [4.78, 5) is 10.1. The van der Waals surface area contributed by atoms with Crippen molar-refractivity contribution in [3.63, 3.8) is 0 Å². The van der Waals surface area contributed by atoms with Crippen LogP contribution in [0.4, 0.5) is 10.1 Å². The van der Waals surface area contributed by atoms with Gasteiger partial charge in [-0.15, -0.1) is 0 Å². The maximum absolute atomic E-state index is 14.4. The Bertz CT molecular complexity index is 1110. The van der Waals surface area contributed by atoms with E-state index in [0.717, 1.165) is 53.8 Å². The van der Waals surface area contributed by atoms with Gasteiger partial charge in [0.25, 0.3) is 0 Å². The maximum Gasteiger partial charge on any atom is 0.149 e. The Kier molecular flexibility index (Phi) is 5.68. The van der Waals surface area contributed by atoms with Gasteiger partial charge in [0.2, 0.25) is 0 Å². The second-order valence-corrected chi connectivity index (χ2v) is 8.41. The van der Waals surface area contributed by atoms with Gasteiger partial charge in [0.05, 0.1) is 5.69 Å². The second-order valence-electron chi connectivity index (χ2n) is 8.41. The SMILES string of the molecule is CCC1=Nc2ccccc2CCC1c1ccc2cccc(OC3CCNCC3F)c2n1. The van der Waals surface area contributed by atoms with E-state index in [0.29, 0.717) is 18.7 Å². The average molecular weight is 418 g/mol. The summed E-state index contributed by atoms with van der Waals surface area (Å²) in [6.45, 7) is 3.27. The lowest BCUT2D eigenvalue weighted by Gasteiger charge is -2.27. The Labute approximate surface area is 182 Å². The Balaban J connectivity index is 1.50. The number of ether oxygens (including phenoxy) is 1. The highest BCUT2D eigenvalue weighted by atomic mass is 19.1. The molecule has 3 atom stereocenters. The zero-order valence-electron chi connectivity index (χ0n) is 17.9. The first-order valence-electron chi connectivity index (χ1n) is 11.3. The minimum Gasteiger partial charge on any atom is -0.485 e. The zero-order valence-corrected chi connectivity index (χ0v) is 17.9. The van der Waals surface area contributed by atoms with Gasteiger partial charge in [0, 0.05) is 29.3 Å². The van der Waals surface area contributed by atoms with E-state index < -0.39 is 12.3 Å². The normalized spacial score (nSPS) is 23.7. The van der Waals surface area contributed by atoms with Gasteiger partial charge in [-0.1, -0.05) is 43.3 Å². The van der Waals surface area contributed by atoms with Crippen molar-refractivity contribution < 1.29 is 9.13 Å². The summed E-state index contributed by atoms with van der Waals surface area (Å²) >= 11 is 0. The molecule has 1 aromatic heterocycles. The molecule has 3 aromatic rings. The number of para-hydroxylation sites is 2. The van der Waals surface area contributed by atoms with E-state index in [2.05, 4.69) is 42.6 Å². The van der Waals surface area contributed by atoms with Crippen molar-refractivity contribution in [3.05, 3.63) is 65.9 Å². The first-order valence-corrected chi connectivity index (χ1v) is 11.3. The van der Waals surface area contributed by atoms with Crippen molar-refractivity contribution >= 4 is 22.3 Å². The van der Waals surface area contributed by atoms with Crippen LogP contribution in [0.15, 0.2) is 59.6 Å². The molecule has 2 aliphatic heterocycles. The molecule has 3 unspecified atom stereocenters. The van der Waals surface area contributed by atoms with E-state index in [-0.39, 0.29) is 5.92 Å².